The van der Waals surface area contributed by atoms with E-state index < -0.39 is 0 Å². The summed E-state index contributed by atoms with van der Waals surface area (Å²) in [5.74, 6) is -0.203. The summed E-state index contributed by atoms with van der Waals surface area (Å²) in [7, 11) is 0. The minimum Gasteiger partial charge on any atom is -0.357 e. The lowest BCUT2D eigenvalue weighted by Crippen LogP contribution is -2.02. The molecule has 0 atom stereocenters. The van der Waals surface area contributed by atoms with Crippen LogP contribution in [0, 0.1) is 5.82 Å². The molecule has 0 aliphatic carbocycles. The van der Waals surface area contributed by atoms with Crippen LogP contribution in [0.1, 0.15) is 11.3 Å². The van der Waals surface area contributed by atoms with Gasteiger partial charge in [0, 0.05) is 24.0 Å². The van der Waals surface area contributed by atoms with Crippen molar-refractivity contribution in [1.82, 2.24) is 4.98 Å². The lowest BCUT2D eigenvalue weighted by Gasteiger charge is -2.03. The molecule has 0 bridgehead atoms. The molecule has 0 amide bonds. The molecule has 84 valence electrons. The Morgan fingerprint density at radius 3 is 2.88 bits per heavy atom. The second-order valence-electron chi connectivity index (χ2n) is 3.29. The first-order valence-corrected chi connectivity index (χ1v) is 5.79. The number of anilines is 1. The highest BCUT2D eigenvalue weighted by Crippen LogP contribution is 2.16. The van der Waals surface area contributed by atoms with Crippen LogP contribution in [0.4, 0.5) is 9.52 Å². The normalized spacial score (nSPS) is 10.4. The standard InChI is InChI=1S/C11H12FN3S/c12-10-4-2-1-3-8(10)6-14-11-15-9(5-13)7-16-11/h1-4,7H,5-6,13H2,(H,14,15). The van der Waals surface area contributed by atoms with Gasteiger partial charge in [-0.05, 0) is 6.07 Å². The SMILES string of the molecule is NCc1csc(NCc2ccccc2F)n1. The highest BCUT2D eigenvalue weighted by atomic mass is 32.1. The number of thiazole rings is 1. The van der Waals surface area contributed by atoms with Crippen molar-refractivity contribution in [3.05, 3.63) is 46.7 Å². The Labute approximate surface area is 97.1 Å². The third-order valence-electron chi connectivity index (χ3n) is 2.15. The fourth-order valence-corrected chi connectivity index (χ4v) is 2.02. The van der Waals surface area contributed by atoms with Crippen molar-refractivity contribution >= 4 is 16.5 Å². The maximum atomic E-state index is 13.3. The highest BCUT2D eigenvalue weighted by molar-refractivity contribution is 7.13. The second kappa shape index (κ2) is 5.05. The van der Waals surface area contributed by atoms with Crippen LogP contribution in [0.2, 0.25) is 0 Å². The number of nitrogens with zero attached hydrogens (tertiary/aromatic N) is 1. The number of hydrogen-bond acceptors (Lipinski definition) is 4. The van der Waals surface area contributed by atoms with Crippen LogP contribution >= 0.6 is 11.3 Å². The van der Waals surface area contributed by atoms with E-state index in [1.54, 1.807) is 12.1 Å². The van der Waals surface area contributed by atoms with Crippen LogP contribution in [0.15, 0.2) is 29.6 Å². The Balaban J connectivity index is 1.99. The Morgan fingerprint density at radius 2 is 2.19 bits per heavy atom. The van der Waals surface area contributed by atoms with Crippen LogP contribution in [-0.2, 0) is 13.1 Å². The molecule has 0 unspecified atom stereocenters. The van der Waals surface area contributed by atoms with Gasteiger partial charge in [-0.1, -0.05) is 18.2 Å². The van der Waals surface area contributed by atoms with Gasteiger partial charge in [0.1, 0.15) is 5.82 Å². The van der Waals surface area contributed by atoms with Crippen LogP contribution in [0.3, 0.4) is 0 Å². The fourth-order valence-electron chi connectivity index (χ4n) is 1.29. The van der Waals surface area contributed by atoms with Crippen molar-refractivity contribution in [3.63, 3.8) is 0 Å². The summed E-state index contributed by atoms with van der Waals surface area (Å²) in [4.78, 5) is 4.23. The Morgan fingerprint density at radius 1 is 1.38 bits per heavy atom. The molecular weight excluding hydrogens is 225 g/mol. The number of hydrogen-bond donors (Lipinski definition) is 2. The molecule has 0 aliphatic rings. The van der Waals surface area contributed by atoms with Gasteiger partial charge < -0.3 is 11.1 Å². The topological polar surface area (TPSA) is 50.9 Å². The number of nitrogens with one attached hydrogen (secondary N) is 1. The smallest absolute Gasteiger partial charge is 0.183 e. The molecule has 1 aromatic carbocycles. The van der Waals surface area contributed by atoms with Crippen molar-refractivity contribution < 1.29 is 4.39 Å². The van der Waals surface area contributed by atoms with Crippen LogP contribution in [-0.4, -0.2) is 4.98 Å². The first-order valence-electron chi connectivity index (χ1n) is 4.91. The molecule has 0 saturated heterocycles. The van der Waals surface area contributed by atoms with Crippen LogP contribution in [0.25, 0.3) is 0 Å². The van der Waals surface area contributed by atoms with Gasteiger partial charge in [0.25, 0.3) is 0 Å². The van der Waals surface area contributed by atoms with Gasteiger partial charge in [-0.25, -0.2) is 9.37 Å². The van der Waals surface area contributed by atoms with E-state index in [4.69, 9.17) is 5.73 Å². The van der Waals surface area contributed by atoms with Crippen molar-refractivity contribution in [1.29, 1.82) is 0 Å². The van der Waals surface area contributed by atoms with Gasteiger partial charge in [-0.3, -0.25) is 0 Å². The van der Waals surface area contributed by atoms with E-state index in [1.807, 2.05) is 11.4 Å². The van der Waals surface area contributed by atoms with Crippen molar-refractivity contribution in [3.8, 4) is 0 Å². The summed E-state index contributed by atoms with van der Waals surface area (Å²) in [6.45, 7) is 0.863. The van der Waals surface area contributed by atoms with Crippen molar-refractivity contribution in [2.24, 2.45) is 5.73 Å². The number of benzene rings is 1. The van der Waals surface area contributed by atoms with Gasteiger partial charge in [-0.2, -0.15) is 0 Å². The van der Waals surface area contributed by atoms with E-state index in [0.29, 0.717) is 18.7 Å². The Bertz CT molecular complexity index is 470. The first kappa shape index (κ1) is 11.0. The third-order valence-corrected chi connectivity index (χ3v) is 3.00. The predicted molar refractivity (Wildman–Crippen MR) is 63.7 cm³/mol. The minimum atomic E-state index is -0.203. The van der Waals surface area contributed by atoms with Gasteiger partial charge in [0.2, 0.25) is 0 Å². The van der Waals surface area contributed by atoms with Crippen molar-refractivity contribution in [2.45, 2.75) is 13.1 Å². The highest BCUT2D eigenvalue weighted by Gasteiger charge is 2.02. The molecule has 1 heterocycles. The summed E-state index contributed by atoms with van der Waals surface area (Å²) >= 11 is 1.47. The molecule has 5 heteroatoms. The summed E-state index contributed by atoms with van der Waals surface area (Å²) in [5.41, 5.74) is 6.93. The average Bonchev–Trinajstić information content (AvgIpc) is 2.76. The maximum Gasteiger partial charge on any atom is 0.183 e. The largest absolute Gasteiger partial charge is 0.357 e. The predicted octanol–water partition coefficient (Wildman–Crippen LogP) is 2.35. The molecule has 0 fully saturated rings. The third kappa shape index (κ3) is 2.56. The second-order valence-corrected chi connectivity index (χ2v) is 4.15. The molecule has 0 spiro atoms. The number of halogens is 1. The van der Waals surface area contributed by atoms with Crippen LogP contribution < -0.4 is 11.1 Å². The molecule has 3 nitrogen and oxygen atoms in total. The molecule has 16 heavy (non-hydrogen) atoms. The molecule has 1 aromatic heterocycles. The quantitative estimate of drug-likeness (QED) is 0.858. The number of aromatic nitrogens is 1. The molecule has 2 aromatic rings. The van der Waals surface area contributed by atoms with Crippen LogP contribution in [0.5, 0.6) is 0 Å². The van der Waals surface area contributed by atoms with E-state index in [1.165, 1.54) is 17.4 Å². The fraction of sp³-hybridized carbons (Fsp3) is 0.182. The Kier molecular flexibility index (Phi) is 3.48. The zero-order chi connectivity index (χ0) is 11.4. The van der Waals surface area contributed by atoms with E-state index in [0.717, 1.165) is 10.8 Å². The van der Waals surface area contributed by atoms with E-state index in [2.05, 4.69) is 10.3 Å². The molecule has 3 N–H and O–H groups in total. The lowest BCUT2D eigenvalue weighted by molar-refractivity contribution is 0.613. The molecule has 2 rings (SSSR count). The summed E-state index contributed by atoms with van der Waals surface area (Å²) in [5, 5.41) is 5.73. The average molecular weight is 237 g/mol. The van der Waals surface area contributed by atoms with Gasteiger partial charge >= 0.3 is 0 Å². The monoisotopic (exact) mass is 237 g/mol. The summed E-state index contributed by atoms with van der Waals surface area (Å²) in [6.07, 6.45) is 0. The molecule has 0 saturated carbocycles. The van der Waals surface area contributed by atoms with Gasteiger partial charge in [0.15, 0.2) is 5.13 Å². The molecule has 0 aliphatic heterocycles. The van der Waals surface area contributed by atoms with Gasteiger partial charge in [-0.15, -0.1) is 11.3 Å². The van der Waals surface area contributed by atoms with Crippen molar-refractivity contribution in [2.75, 3.05) is 5.32 Å². The Hall–Kier alpha value is -1.46. The summed E-state index contributed by atoms with van der Waals surface area (Å²) < 4.78 is 13.3. The number of rotatable bonds is 4. The van der Waals surface area contributed by atoms with Gasteiger partial charge in [0.05, 0.1) is 5.69 Å². The van der Waals surface area contributed by atoms with E-state index >= 15 is 0 Å². The zero-order valence-corrected chi connectivity index (χ0v) is 9.43. The van der Waals surface area contributed by atoms with E-state index in [-0.39, 0.29) is 5.82 Å². The molecule has 0 radical (unpaired) electrons. The zero-order valence-electron chi connectivity index (χ0n) is 8.61. The minimum absolute atomic E-state index is 0.203. The number of nitrogens with two attached hydrogens (primary N) is 1. The van der Waals surface area contributed by atoms with E-state index in [9.17, 15) is 4.39 Å². The molecular formula is C11H12FN3S. The first-order chi connectivity index (χ1) is 7.79. The maximum absolute atomic E-state index is 13.3. The lowest BCUT2D eigenvalue weighted by atomic mass is 10.2. The summed E-state index contributed by atoms with van der Waals surface area (Å²) in [6, 6.07) is 6.69.